The average molecular weight is 412 g/mol. The van der Waals surface area contributed by atoms with E-state index in [1.54, 1.807) is 30.5 Å². The standard InChI is InChI=1S/C19H17FN6O2S/c20-13-3-1-2-4-14(13)24-17(27)10-29-18-9-16(21-11-22-18)26-8-7-15(25-26)19(28)23-12-5-6-12/h1-4,7-9,11-12H,5-6,10H2,(H,23,28)(H,24,27). The summed E-state index contributed by atoms with van der Waals surface area (Å²) in [6.07, 6.45) is 5.01. The fraction of sp³-hybridized carbons (Fsp3) is 0.211. The van der Waals surface area contributed by atoms with Crippen LogP contribution in [0.5, 0.6) is 0 Å². The van der Waals surface area contributed by atoms with Gasteiger partial charge in [0.05, 0.1) is 11.4 Å². The van der Waals surface area contributed by atoms with E-state index >= 15 is 0 Å². The zero-order valence-electron chi connectivity index (χ0n) is 15.2. The SMILES string of the molecule is O=C(CSc1cc(-n2ccc(C(=O)NC3CC3)n2)ncn1)Nc1ccccc1F. The highest BCUT2D eigenvalue weighted by Gasteiger charge is 2.24. The molecule has 2 amide bonds. The van der Waals surface area contributed by atoms with E-state index in [0.29, 0.717) is 16.5 Å². The van der Waals surface area contributed by atoms with E-state index in [2.05, 4.69) is 25.7 Å². The Morgan fingerprint density at radius 1 is 1.21 bits per heavy atom. The molecule has 3 aromatic rings. The number of anilines is 1. The Bertz CT molecular complexity index is 1050. The molecule has 29 heavy (non-hydrogen) atoms. The molecule has 1 aliphatic carbocycles. The topological polar surface area (TPSA) is 102 Å². The summed E-state index contributed by atoms with van der Waals surface area (Å²) >= 11 is 1.19. The normalized spacial score (nSPS) is 13.1. The summed E-state index contributed by atoms with van der Waals surface area (Å²) in [5, 5.41) is 10.2. The van der Waals surface area contributed by atoms with Gasteiger partial charge in [-0.15, -0.1) is 0 Å². The first-order valence-corrected chi connectivity index (χ1v) is 9.93. The minimum atomic E-state index is -0.490. The van der Waals surface area contributed by atoms with Gasteiger partial charge in [0, 0.05) is 18.3 Å². The summed E-state index contributed by atoms with van der Waals surface area (Å²) in [4.78, 5) is 32.4. The Kier molecular flexibility index (Phi) is 5.52. The van der Waals surface area contributed by atoms with Crippen LogP contribution >= 0.6 is 11.8 Å². The van der Waals surface area contributed by atoms with Crippen molar-refractivity contribution >= 4 is 29.3 Å². The Morgan fingerprint density at radius 3 is 2.83 bits per heavy atom. The molecule has 2 aromatic heterocycles. The van der Waals surface area contributed by atoms with Gasteiger partial charge in [-0.3, -0.25) is 9.59 Å². The molecular formula is C19H17FN6O2S. The number of carbonyl (C=O) groups excluding carboxylic acids is 2. The van der Waals surface area contributed by atoms with Gasteiger partial charge >= 0.3 is 0 Å². The number of carbonyl (C=O) groups is 2. The number of para-hydroxylation sites is 1. The van der Waals surface area contributed by atoms with Crippen molar-refractivity contribution in [2.24, 2.45) is 0 Å². The number of halogens is 1. The van der Waals surface area contributed by atoms with Gasteiger partial charge in [0.15, 0.2) is 11.5 Å². The molecule has 0 aliphatic heterocycles. The maximum absolute atomic E-state index is 13.6. The van der Waals surface area contributed by atoms with Gasteiger partial charge in [-0.2, -0.15) is 5.10 Å². The quantitative estimate of drug-likeness (QED) is 0.457. The Balaban J connectivity index is 1.37. The van der Waals surface area contributed by atoms with Crippen LogP contribution in [0.4, 0.5) is 10.1 Å². The molecule has 0 unspecified atom stereocenters. The lowest BCUT2D eigenvalue weighted by molar-refractivity contribution is -0.113. The lowest BCUT2D eigenvalue weighted by Gasteiger charge is -2.06. The van der Waals surface area contributed by atoms with Crippen LogP contribution in [0.2, 0.25) is 0 Å². The van der Waals surface area contributed by atoms with E-state index < -0.39 is 5.82 Å². The minimum Gasteiger partial charge on any atom is -0.348 e. The molecule has 0 atom stereocenters. The minimum absolute atomic E-state index is 0.0545. The molecule has 0 radical (unpaired) electrons. The van der Waals surface area contributed by atoms with Crippen LogP contribution < -0.4 is 10.6 Å². The molecule has 10 heteroatoms. The second-order valence-corrected chi connectivity index (χ2v) is 7.42. The maximum Gasteiger partial charge on any atom is 0.272 e. The maximum atomic E-state index is 13.6. The van der Waals surface area contributed by atoms with Crippen LogP contribution in [0.3, 0.4) is 0 Å². The number of rotatable bonds is 7. The number of aromatic nitrogens is 4. The second kappa shape index (κ2) is 8.39. The monoisotopic (exact) mass is 412 g/mol. The van der Waals surface area contributed by atoms with Crippen molar-refractivity contribution in [3.63, 3.8) is 0 Å². The average Bonchev–Trinajstić information content (AvgIpc) is 3.39. The predicted molar refractivity (Wildman–Crippen MR) is 105 cm³/mol. The first kappa shape index (κ1) is 19.1. The van der Waals surface area contributed by atoms with Gasteiger partial charge < -0.3 is 10.6 Å². The first-order valence-electron chi connectivity index (χ1n) is 8.94. The van der Waals surface area contributed by atoms with Crippen LogP contribution in [-0.4, -0.2) is 43.4 Å². The number of thioether (sulfide) groups is 1. The molecule has 1 aliphatic rings. The summed E-state index contributed by atoms with van der Waals surface area (Å²) in [7, 11) is 0. The van der Waals surface area contributed by atoms with Gasteiger partial charge in [-0.1, -0.05) is 23.9 Å². The Hall–Kier alpha value is -3.27. The fourth-order valence-corrected chi connectivity index (χ4v) is 3.14. The number of hydrogen-bond donors (Lipinski definition) is 2. The van der Waals surface area contributed by atoms with Gasteiger partial charge in [-0.25, -0.2) is 19.0 Å². The molecule has 8 nitrogen and oxygen atoms in total. The van der Waals surface area contributed by atoms with Crippen LogP contribution in [0.25, 0.3) is 5.82 Å². The summed E-state index contributed by atoms with van der Waals surface area (Å²) in [5.41, 5.74) is 0.448. The van der Waals surface area contributed by atoms with Crippen molar-refractivity contribution < 1.29 is 14.0 Å². The van der Waals surface area contributed by atoms with Crippen LogP contribution in [0, 0.1) is 5.82 Å². The second-order valence-electron chi connectivity index (χ2n) is 6.42. The molecule has 4 rings (SSSR count). The van der Waals surface area contributed by atoms with Gasteiger partial charge in [0.1, 0.15) is 17.2 Å². The number of nitrogens with one attached hydrogen (secondary N) is 2. The lowest BCUT2D eigenvalue weighted by Crippen LogP contribution is -2.25. The Morgan fingerprint density at radius 2 is 2.03 bits per heavy atom. The lowest BCUT2D eigenvalue weighted by atomic mass is 10.3. The molecule has 1 aromatic carbocycles. The molecule has 0 spiro atoms. The molecule has 1 saturated carbocycles. The molecule has 2 heterocycles. The van der Waals surface area contributed by atoms with Crippen molar-refractivity contribution in [1.82, 2.24) is 25.1 Å². The highest BCUT2D eigenvalue weighted by atomic mass is 32.2. The highest BCUT2D eigenvalue weighted by Crippen LogP contribution is 2.20. The fourth-order valence-electron chi connectivity index (χ4n) is 2.48. The third-order valence-corrected chi connectivity index (χ3v) is 5.02. The largest absolute Gasteiger partial charge is 0.348 e. The van der Waals surface area contributed by atoms with E-state index in [0.717, 1.165) is 12.8 Å². The third kappa shape index (κ3) is 4.96. The van der Waals surface area contributed by atoms with Gasteiger partial charge in [0.2, 0.25) is 5.91 Å². The zero-order valence-corrected chi connectivity index (χ0v) is 16.0. The van der Waals surface area contributed by atoms with E-state index in [4.69, 9.17) is 0 Å². The van der Waals surface area contributed by atoms with Crippen molar-refractivity contribution in [2.75, 3.05) is 11.1 Å². The molecule has 0 saturated heterocycles. The van der Waals surface area contributed by atoms with Gasteiger partial charge in [-0.05, 0) is 31.0 Å². The zero-order chi connectivity index (χ0) is 20.2. The third-order valence-electron chi connectivity index (χ3n) is 4.10. The summed E-state index contributed by atoms with van der Waals surface area (Å²) in [5.74, 6) is -0.519. The summed E-state index contributed by atoms with van der Waals surface area (Å²) in [6.45, 7) is 0. The van der Waals surface area contributed by atoms with E-state index in [1.807, 2.05) is 0 Å². The molecule has 0 bridgehead atoms. The molecule has 2 N–H and O–H groups in total. The van der Waals surface area contributed by atoms with E-state index in [9.17, 15) is 14.0 Å². The number of amides is 2. The van der Waals surface area contributed by atoms with Crippen LogP contribution in [-0.2, 0) is 4.79 Å². The van der Waals surface area contributed by atoms with Crippen molar-refractivity contribution in [3.8, 4) is 5.82 Å². The van der Waals surface area contributed by atoms with Gasteiger partial charge in [0.25, 0.3) is 5.91 Å². The number of benzene rings is 1. The highest BCUT2D eigenvalue weighted by molar-refractivity contribution is 7.99. The number of nitrogens with zero attached hydrogens (tertiary/aromatic N) is 4. The summed E-state index contributed by atoms with van der Waals surface area (Å²) < 4.78 is 15.1. The van der Waals surface area contributed by atoms with Crippen LogP contribution in [0.1, 0.15) is 23.3 Å². The predicted octanol–water partition coefficient (Wildman–Crippen LogP) is 2.42. The smallest absolute Gasteiger partial charge is 0.272 e. The summed E-state index contributed by atoms with van der Waals surface area (Å²) in [6, 6.07) is 9.51. The molecule has 148 valence electrons. The van der Waals surface area contributed by atoms with Crippen molar-refractivity contribution in [1.29, 1.82) is 0 Å². The van der Waals surface area contributed by atoms with Crippen LogP contribution in [0.15, 0.2) is 53.9 Å². The molecular weight excluding hydrogens is 395 g/mol. The number of hydrogen-bond acceptors (Lipinski definition) is 6. The van der Waals surface area contributed by atoms with Crippen molar-refractivity contribution in [3.05, 3.63) is 60.4 Å². The van der Waals surface area contributed by atoms with E-state index in [-0.39, 0.29) is 29.3 Å². The Labute approximate surface area is 169 Å². The van der Waals surface area contributed by atoms with E-state index in [1.165, 1.54) is 34.9 Å². The first-order chi connectivity index (χ1) is 14.1. The molecule has 1 fully saturated rings. The van der Waals surface area contributed by atoms with Crippen molar-refractivity contribution in [2.45, 2.75) is 23.9 Å².